The van der Waals surface area contributed by atoms with E-state index in [9.17, 15) is 4.79 Å². The Kier molecular flexibility index (Phi) is 4.50. The van der Waals surface area contributed by atoms with Crippen molar-refractivity contribution in [3.8, 4) is 0 Å². The summed E-state index contributed by atoms with van der Waals surface area (Å²) in [4.78, 5) is 20.9. The van der Waals surface area contributed by atoms with Gasteiger partial charge in [-0.3, -0.25) is 9.69 Å². The Morgan fingerprint density at radius 2 is 2.20 bits per heavy atom. The van der Waals surface area contributed by atoms with Crippen LogP contribution in [0.1, 0.15) is 39.8 Å². The zero-order valence-electron chi connectivity index (χ0n) is 14.2. The highest BCUT2D eigenvalue weighted by Crippen LogP contribution is 2.28. The van der Waals surface area contributed by atoms with Crippen LogP contribution >= 0.6 is 11.3 Å². The van der Waals surface area contributed by atoms with Crippen molar-refractivity contribution in [3.05, 3.63) is 52.1 Å². The minimum absolute atomic E-state index is 0.105. The van der Waals surface area contributed by atoms with Gasteiger partial charge in [-0.2, -0.15) is 5.10 Å². The number of hydrogen-bond acceptors (Lipinski definition) is 5. The van der Waals surface area contributed by atoms with Gasteiger partial charge in [0.05, 0.1) is 11.7 Å². The number of aryl methyl sites for hydroxylation is 1. The molecule has 1 N–H and O–H groups in total. The normalized spacial score (nSPS) is 16.4. The maximum atomic E-state index is 12.8. The predicted octanol–water partition coefficient (Wildman–Crippen LogP) is 2.67. The molecule has 0 radical (unpaired) electrons. The van der Waals surface area contributed by atoms with Gasteiger partial charge in [0.25, 0.3) is 5.91 Å². The maximum Gasteiger partial charge on any atom is 0.257 e. The molecule has 3 aromatic rings. The van der Waals surface area contributed by atoms with Crippen LogP contribution in [-0.2, 0) is 0 Å². The fourth-order valence-corrected chi connectivity index (χ4v) is 4.34. The van der Waals surface area contributed by atoms with Gasteiger partial charge in [0.1, 0.15) is 5.56 Å². The van der Waals surface area contributed by atoms with Crippen LogP contribution in [0.4, 0.5) is 0 Å². The highest BCUT2D eigenvalue weighted by Gasteiger charge is 2.26. The molecule has 1 fully saturated rings. The van der Waals surface area contributed by atoms with E-state index in [4.69, 9.17) is 0 Å². The molecule has 130 valence electrons. The number of nitrogens with zero attached hydrogens (tertiary/aromatic N) is 4. The van der Waals surface area contributed by atoms with Crippen LogP contribution in [-0.4, -0.2) is 45.0 Å². The molecule has 25 heavy (non-hydrogen) atoms. The quantitative estimate of drug-likeness (QED) is 0.764. The number of amides is 1. The van der Waals surface area contributed by atoms with Gasteiger partial charge in [-0.05, 0) is 50.4 Å². The Labute approximate surface area is 150 Å². The Balaban J connectivity index is 1.54. The molecular weight excluding hydrogens is 334 g/mol. The maximum absolute atomic E-state index is 12.8. The monoisotopic (exact) mass is 355 g/mol. The summed E-state index contributed by atoms with van der Waals surface area (Å²) in [6.45, 7) is 4.63. The zero-order valence-corrected chi connectivity index (χ0v) is 15.0. The summed E-state index contributed by atoms with van der Waals surface area (Å²) in [7, 11) is 0. The van der Waals surface area contributed by atoms with Gasteiger partial charge < -0.3 is 5.32 Å². The van der Waals surface area contributed by atoms with Crippen molar-refractivity contribution in [1.82, 2.24) is 24.8 Å². The topological polar surface area (TPSA) is 62.5 Å². The molecule has 4 rings (SSSR count). The molecule has 1 unspecified atom stereocenters. The molecule has 0 saturated carbocycles. The molecule has 0 aromatic carbocycles. The highest BCUT2D eigenvalue weighted by molar-refractivity contribution is 7.10. The summed E-state index contributed by atoms with van der Waals surface area (Å²) in [5.74, 6) is -0.105. The van der Waals surface area contributed by atoms with Crippen molar-refractivity contribution < 1.29 is 4.79 Å². The van der Waals surface area contributed by atoms with Gasteiger partial charge in [-0.25, -0.2) is 9.50 Å². The first-order valence-corrected chi connectivity index (χ1v) is 9.47. The van der Waals surface area contributed by atoms with E-state index in [1.54, 1.807) is 28.1 Å². The fourth-order valence-electron chi connectivity index (χ4n) is 3.48. The lowest BCUT2D eigenvalue weighted by atomic mass is 10.2. The predicted molar refractivity (Wildman–Crippen MR) is 97.9 cm³/mol. The smallest absolute Gasteiger partial charge is 0.257 e. The lowest BCUT2D eigenvalue weighted by molar-refractivity contribution is 0.0939. The van der Waals surface area contributed by atoms with Crippen LogP contribution in [0.2, 0.25) is 0 Å². The number of carbonyl (C=O) groups is 1. The SMILES string of the molecule is Cc1nn2cccnc2c1C(=O)NCC(c1cccs1)N1CCCC1. The van der Waals surface area contributed by atoms with Crippen LogP contribution in [0.25, 0.3) is 5.65 Å². The molecule has 1 amide bonds. The number of fused-ring (bicyclic) bond motifs is 1. The van der Waals surface area contributed by atoms with Crippen LogP contribution < -0.4 is 5.32 Å². The lowest BCUT2D eigenvalue weighted by Gasteiger charge is -2.26. The Morgan fingerprint density at radius 1 is 1.36 bits per heavy atom. The first-order chi connectivity index (χ1) is 12.2. The molecule has 4 heterocycles. The first kappa shape index (κ1) is 16.2. The van der Waals surface area contributed by atoms with Gasteiger partial charge in [-0.15, -0.1) is 11.3 Å². The van der Waals surface area contributed by atoms with E-state index in [0.717, 1.165) is 13.1 Å². The third-order valence-corrected chi connectivity index (χ3v) is 5.68. The number of thiophene rings is 1. The van der Waals surface area contributed by atoms with E-state index in [0.29, 0.717) is 23.4 Å². The molecule has 1 aliphatic rings. The minimum atomic E-state index is -0.105. The average molecular weight is 355 g/mol. The largest absolute Gasteiger partial charge is 0.350 e. The van der Waals surface area contributed by atoms with E-state index in [1.165, 1.54) is 17.7 Å². The number of rotatable bonds is 5. The van der Waals surface area contributed by atoms with Gasteiger partial charge in [0, 0.05) is 23.8 Å². The second-order valence-corrected chi connectivity index (χ2v) is 7.31. The fraction of sp³-hybridized carbons (Fsp3) is 0.389. The van der Waals surface area contributed by atoms with Crippen LogP contribution in [0.15, 0.2) is 36.0 Å². The van der Waals surface area contributed by atoms with Crippen molar-refractivity contribution in [2.45, 2.75) is 25.8 Å². The first-order valence-electron chi connectivity index (χ1n) is 8.59. The summed E-state index contributed by atoms with van der Waals surface area (Å²) >= 11 is 1.75. The van der Waals surface area contributed by atoms with E-state index in [1.807, 2.05) is 13.1 Å². The average Bonchev–Trinajstić information content (AvgIpc) is 3.35. The van der Waals surface area contributed by atoms with Gasteiger partial charge >= 0.3 is 0 Å². The number of likely N-dealkylation sites (tertiary alicyclic amines) is 1. The summed E-state index contributed by atoms with van der Waals surface area (Å²) in [5.41, 5.74) is 1.86. The summed E-state index contributed by atoms with van der Waals surface area (Å²) in [5, 5.41) is 9.59. The van der Waals surface area contributed by atoms with Crippen LogP contribution in [0.5, 0.6) is 0 Å². The van der Waals surface area contributed by atoms with Crippen molar-refractivity contribution in [1.29, 1.82) is 0 Å². The molecule has 6 nitrogen and oxygen atoms in total. The van der Waals surface area contributed by atoms with E-state index in [-0.39, 0.29) is 11.9 Å². The number of hydrogen-bond donors (Lipinski definition) is 1. The second kappa shape index (κ2) is 6.93. The minimum Gasteiger partial charge on any atom is -0.350 e. The Morgan fingerprint density at radius 3 is 2.96 bits per heavy atom. The molecule has 1 aliphatic heterocycles. The number of carbonyl (C=O) groups excluding carboxylic acids is 1. The second-order valence-electron chi connectivity index (χ2n) is 6.33. The molecule has 1 saturated heterocycles. The molecule has 7 heteroatoms. The van der Waals surface area contributed by atoms with Crippen molar-refractivity contribution >= 4 is 22.9 Å². The van der Waals surface area contributed by atoms with Crippen molar-refractivity contribution in [2.24, 2.45) is 0 Å². The third-order valence-electron chi connectivity index (χ3n) is 4.71. The molecule has 3 aromatic heterocycles. The zero-order chi connectivity index (χ0) is 17.2. The molecule has 0 aliphatic carbocycles. The Hall–Kier alpha value is -2.25. The van der Waals surface area contributed by atoms with Crippen molar-refractivity contribution in [3.63, 3.8) is 0 Å². The van der Waals surface area contributed by atoms with Gasteiger partial charge in [-0.1, -0.05) is 6.07 Å². The Bertz CT molecular complexity index is 867. The van der Waals surface area contributed by atoms with Crippen LogP contribution in [0, 0.1) is 6.92 Å². The summed E-state index contributed by atoms with van der Waals surface area (Å²) in [6.07, 6.45) is 5.95. The van der Waals surface area contributed by atoms with Crippen LogP contribution in [0.3, 0.4) is 0 Å². The molecule has 0 bridgehead atoms. The summed E-state index contributed by atoms with van der Waals surface area (Å²) in [6, 6.07) is 6.27. The molecular formula is C18H21N5OS. The number of nitrogens with one attached hydrogen (secondary N) is 1. The number of aromatic nitrogens is 3. The molecule has 0 spiro atoms. The van der Waals surface area contributed by atoms with E-state index in [2.05, 4.69) is 37.8 Å². The van der Waals surface area contributed by atoms with E-state index >= 15 is 0 Å². The van der Waals surface area contributed by atoms with Gasteiger partial charge in [0.2, 0.25) is 0 Å². The van der Waals surface area contributed by atoms with E-state index < -0.39 is 0 Å². The third kappa shape index (κ3) is 3.17. The molecule has 1 atom stereocenters. The highest BCUT2D eigenvalue weighted by atomic mass is 32.1. The van der Waals surface area contributed by atoms with Crippen molar-refractivity contribution in [2.75, 3.05) is 19.6 Å². The standard InChI is InChI=1S/C18H21N5OS/c1-13-16(17-19-7-5-10-23(17)21-13)18(24)20-12-14(15-6-4-11-25-15)22-8-2-3-9-22/h4-7,10-11,14H,2-3,8-9,12H2,1H3,(H,20,24). The summed E-state index contributed by atoms with van der Waals surface area (Å²) < 4.78 is 1.65. The van der Waals surface area contributed by atoms with Gasteiger partial charge in [0.15, 0.2) is 5.65 Å². The lowest BCUT2D eigenvalue weighted by Crippen LogP contribution is -2.36.